The van der Waals surface area contributed by atoms with Gasteiger partial charge in [-0.25, -0.2) is 4.98 Å². The molecule has 0 aliphatic carbocycles. The Bertz CT molecular complexity index is 430. The fourth-order valence-corrected chi connectivity index (χ4v) is 1.97. The molecule has 0 aromatic carbocycles. The molecule has 16 heavy (non-hydrogen) atoms. The number of aromatic nitrogens is 1. The summed E-state index contributed by atoms with van der Waals surface area (Å²) in [6.07, 6.45) is 0. The number of anilines is 1. The minimum absolute atomic E-state index is 0.256. The summed E-state index contributed by atoms with van der Waals surface area (Å²) in [5.41, 5.74) is 0.536. The van der Waals surface area contributed by atoms with Crippen LogP contribution in [0.4, 0.5) is 5.82 Å². The zero-order valence-corrected chi connectivity index (χ0v) is 9.74. The average Bonchev–Trinajstić information content (AvgIpc) is 2.28. The van der Waals surface area contributed by atoms with Gasteiger partial charge in [-0.05, 0) is 19.1 Å². The summed E-state index contributed by atoms with van der Waals surface area (Å²) in [7, 11) is 0. The number of nitrogens with zero attached hydrogens (tertiary/aromatic N) is 3. The van der Waals surface area contributed by atoms with Gasteiger partial charge in [-0.15, -0.1) is 0 Å². The second-order valence-corrected chi connectivity index (χ2v) is 4.15. The number of hydrogen-bond acceptors (Lipinski definition) is 4. The molecule has 2 heterocycles. The van der Waals surface area contributed by atoms with Gasteiger partial charge in [0, 0.05) is 6.54 Å². The third-order valence-electron chi connectivity index (χ3n) is 2.57. The van der Waals surface area contributed by atoms with Crippen LogP contribution in [0.5, 0.6) is 0 Å². The van der Waals surface area contributed by atoms with Crippen LogP contribution in [0.1, 0.15) is 12.5 Å². The lowest BCUT2D eigenvalue weighted by atomic mass is 10.2. The predicted octanol–water partition coefficient (Wildman–Crippen LogP) is 1.83. The van der Waals surface area contributed by atoms with E-state index in [0.717, 1.165) is 12.4 Å². The van der Waals surface area contributed by atoms with Crippen molar-refractivity contribution in [3.05, 3.63) is 22.8 Å². The van der Waals surface area contributed by atoms with Crippen molar-refractivity contribution in [3.8, 4) is 6.07 Å². The topological polar surface area (TPSA) is 49.1 Å². The van der Waals surface area contributed by atoms with E-state index < -0.39 is 0 Å². The molecule has 0 radical (unpaired) electrons. The molecule has 0 N–H and O–H groups in total. The standard InChI is InChI=1S/C11H12ClN3O/c1-8-7-16-3-2-15(8)11-5-9(6-13)4-10(12)14-11/h4-5,8H,2-3,7H2,1H3. The molecular weight excluding hydrogens is 226 g/mol. The summed E-state index contributed by atoms with van der Waals surface area (Å²) in [6.45, 7) is 4.20. The number of nitriles is 1. The highest BCUT2D eigenvalue weighted by Gasteiger charge is 2.20. The van der Waals surface area contributed by atoms with Crippen LogP contribution in [0, 0.1) is 11.3 Å². The van der Waals surface area contributed by atoms with Crippen molar-refractivity contribution in [1.82, 2.24) is 4.98 Å². The van der Waals surface area contributed by atoms with Gasteiger partial charge in [0.15, 0.2) is 0 Å². The van der Waals surface area contributed by atoms with Crippen LogP contribution in [0.15, 0.2) is 12.1 Å². The van der Waals surface area contributed by atoms with Gasteiger partial charge in [-0.3, -0.25) is 0 Å². The lowest BCUT2D eigenvalue weighted by molar-refractivity contribution is 0.0985. The van der Waals surface area contributed by atoms with Gasteiger partial charge in [0.05, 0.1) is 30.9 Å². The van der Waals surface area contributed by atoms with E-state index in [4.69, 9.17) is 21.6 Å². The minimum atomic E-state index is 0.256. The van der Waals surface area contributed by atoms with E-state index in [0.29, 0.717) is 23.9 Å². The molecule has 0 spiro atoms. The van der Waals surface area contributed by atoms with Crippen LogP contribution in [0.3, 0.4) is 0 Å². The number of morpholine rings is 1. The predicted molar refractivity (Wildman–Crippen MR) is 61.6 cm³/mol. The Morgan fingerprint density at radius 3 is 3.12 bits per heavy atom. The van der Waals surface area contributed by atoms with E-state index in [-0.39, 0.29) is 6.04 Å². The van der Waals surface area contributed by atoms with E-state index in [1.807, 2.05) is 0 Å². The van der Waals surface area contributed by atoms with E-state index >= 15 is 0 Å². The fourth-order valence-electron chi connectivity index (χ4n) is 1.76. The van der Waals surface area contributed by atoms with E-state index in [2.05, 4.69) is 22.9 Å². The molecule has 1 fully saturated rings. The first kappa shape index (κ1) is 11.2. The molecule has 1 aliphatic rings. The van der Waals surface area contributed by atoms with Gasteiger partial charge in [0.1, 0.15) is 11.0 Å². The molecule has 4 nitrogen and oxygen atoms in total. The molecule has 1 aromatic heterocycles. The first-order chi connectivity index (χ1) is 7.70. The van der Waals surface area contributed by atoms with Gasteiger partial charge in [0.2, 0.25) is 0 Å². The molecule has 1 unspecified atom stereocenters. The first-order valence-corrected chi connectivity index (χ1v) is 5.50. The second kappa shape index (κ2) is 4.69. The summed E-state index contributed by atoms with van der Waals surface area (Å²) in [6, 6.07) is 5.66. The Morgan fingerprint density at radius 2 is 2.44 bits per heavy atom. The van der Waals surface area contributed by atoms with Crippen molar-refractivity contribution < 1.29 is 4.74 Å². The summed E-state index contributed by atoms with van der Waals surface area (Å²) >= 11 is 5.88. The van der Waals surface area contributed by atoms with E-state index in [1.54, 1.807) is 12.1 Å². The number of halogens is 1. The van der Waals surface area contributed by atoms with Gasteiger partial charge in [-0.1, -0.05) is 11.6 Å². The number of rotatable bonds is 1. The molecule has 84 valence electrons. The van der Waals surface area contributed by atoms with Crippen molar-refractivity contribution in [3.63, 3.8) is 0 Å². The molecule has 0 amide bonds. The van der Waals surface area contributed by atoms with Gasteiger partial charge >= 0.3 is 0 Å². The van der Waals surface area contributed by atoms with Crippen LogP contribution < -0.4 is 4.90 Å². The maximum Gasteiger partial charge on any atom is 0.132 e. The maximum atomic E-state index is 8.87. The first-order valence-electron chi connectivity index (χ1n) is 5.13. The Labute approximate surface area is 99.4 Å². The Kier molecular flexibility index (Phi) is 3.28. The second-order valence-electron chi connectivity index (χ2n) is 3.77. The van der Waals surface area contributed by atoms with Gasteiger partial charge in [0.25, 0.3) is 0 Å². The highest BCUT2D eigenvalue weighted by atomic mass is 35.5. The maximum absolute atomic E-state index is 8.87. The molecule has 5 heteroatoms. The van der Waals surface area contributed by atoms with Crippen LogP contribution in [-0.2, 0) is 4.74 Å². The normalized spacial score (nSPS) is 20.6. The Balaban J connectivity index is 2.32. The number of ether oxygens (including phenoxy) is 1. The summed E-state index contributed by atoms with van der Waals surface area (Å²) in [4.78, 5) is 6.35. The third-order valence-corrected chi connectivity index (χ3v) is 2.77. The smallest absolute Gasteiger partial charge is 0.132 e. The van der Waals surface area contributed by atoms with Crippen molar-refractivity contribution in [2.75, 3.05) is 24.7 Å². The van der Waals surface area contributed by atoms with Crippen molar-refractivity contribution in [1.29, 1.82) is 5.26 Å². The largest absolute Gasteiger partial charge is 0.377 e. The lowest BCUT2D eigenvalue weighted by Crippen LogP contribution is -2.44. The molecule has 2 rings (SSSR count). The average molecular weight is 238 g/mol. The zero-order chi connectivity index (χ0) is 11.5. The van der Waals surface area contributed by atoms with E-state index in [1.165, 1.54) is 0 Å². The number of hydrogen-bond donors (Lipinski definition) is 0. The lowest BCUT2D eigenvalue weighted by Gasteiger charge is -2.34. The molecule has 0 bridgehead atoms. The Morgan fingerprint density at radius 1 is 1.62 bits per heavy atom. The summed E-state index contributed by atoms with van der Waals surface area (Å²) < 4.78 is 5.35. The van der Waals surface area contributed by atoms with Gasteiger partial charge < -0.3 is 9.64 Å². The van der Waals surface area contributed by atoms with Crippen LogP contribution in [0.2, 0.25) is 5.15 Å². The third kappa shape index (κ3) is 2.26. The number of pyridine rings is 1. The summed E-state index contributed by atoms with van der Waals surface area (Å²) in [5, 5.41) is 9.23. The zero-order valence-electron chi connectivity index (χ0n) is 8.98. The molecule has 1 saturated heterocycles. The van der Waals surface area contributed by atoms with Crippen LogP contribution >= 0.6 is 11.6 Å². The monoisotopic (exact) mass is 237 g/mol. The highest BCUT2D eigenvalue weighted by molar-refractivity contribution is 6.29. The fraction of sp³-hybridized carbons (Fsp3) is 0.455. The van der Waals surface area contributed by atoms with Crippen LogP contribution in [0.25, 0.3) is 0 Å². The molecule has 1 aliphatic heterocycles. The Hall–Kier alpha value is -1.31. The van der Waals surface area contributed by atoms with E-state index in [9.17, 15) is 0 Å². The van der Waals surface area contributed by atoms with Gasteiger partial charge in [-0.2, -0.15) is 5.26 Å². The minimum Gasteiger partial charge on any atom is -0.377 e. The molecule has 0 saturated carbocycles. The molecule has 1 aromatic rings. The summed E-state index contributed by atoms with van der Waals surface area (Å²) in [5.74, 6) is 0.750. The van der Waals surface area contributed by atoms with Crippen LogP contribution in [-0.4, -0.2) is 30.8 Å². The molecular formula is C11H12ClN3O. The quantitative estimate of drug-likeness (QED) is 0.700. The highest BCUT2D eigenvalue weighted by Crippen LogP contribution is 2.21. The molecule has 1 atom stereocenters. The van der Waals surface area contributed by atoms with Crippen molar-refractivity contribution in [2.45, 2.75) is 13.0 Å². The SMILES string of the molecule is CC1COCCN1c1cc(C#N)cc(Cl)n1. The van der Waals surface area contributed by atoms with Crippen molar-refractivity contribution >= 4 is 17.4 Å². The van der Waals surface area contributed by atoms with Crippen molar-refractivity contribution in [2.24, 2.45) is 0 Å².